The lowest BCUT2D eigenvalue weighted by Gasteiger charge is -2.38. The van der Waals surface area contributed by atoms with Crippen LogP contribution in [0.25, 0.3) is 11.0 Å². The van der Waals surface area contributed by atoms with Crippen molar-refractivity contribution in [1.29, 1.82) is 0 Å². The van der Waals surface area contributed by atoms with Crippen molar-refractivity contribution in [3.05, 3.63) is 42.4 Å². The lowest BCUT2D eigenvalue weighted by Crippen LogP contribution is -2.36. The number of nitrogens with zero attached hydrogens (tertiary/aromatic N) is 3. The number of para-hydroxylation sites is 2. The molecule has 2 unspecified atom stereocenters. The van der Waals surface area contributed by atoms with Crippen LogP contribution < -0.4 is 5.84 Å². The molecular formula is C23H34N4. The number of hydrogen-bond acceptors (Lipinski definition) is 3. The van der Waals surface area contributed by atoms with Gasteiger partial charge in [-0.25, -0.2) is 9.66 Å². The highest BCUT2D eigenvalue weighted by Crippen LogP contribution is 2.58. The average Bonchev–Trinajstić information content (AvgIpc) is 3.11. The third kappa shape index (κ3) is 2.84. The Hall–Kier alpha value is -1.97. The van der Waals surface area contributed by atoms with Crippen LogP contribution in [0.15, 0.2) is 36.5 Å². The Bertz CT molecular complexity index is 815. The first-order valence-electron chi connectivity index (χ1n) is 10.8. The van der Waals surface area contributed by atoms with Crippen molar-refractivity contribution in [2.75, 3.05) is 5.84 Å². The molecule has 4 heteroatoms. The van der Waals surface area contributed by atoms with Crippen molar-refractivity contribution in [1.82, 2.24) is 14.6 Å². The fourth-order valence-corrected chi connectivity index (χ4v) is 6.08. The van der Waals surface area contributed by atoms with Gasteiger partial charge >= 0.3 is 0 Å². The summed E-state index contributed by atoms with van der Waals surface area (Å²) in [4.78, 5) is 7.43. The fraction of sp³-hybridized carbons (Fsp3) is 0.609. The maximum Gasteiger partial charge on any atom is 0.147 e. The normalized spacial score (nSPS) is 24.5. The molecule has 1 aliphatic heterocycles. The van der Waals surface area contributed by atoms with Crippen molar-refractivity contribution >= 4 is 11.0 Å². The lowest BCUT2D eigenvalue weighted by atomic mass is 9.64. The fourth-order valence-electron chi connectivity index (χ4n) is 6.08. The van der Waals surface area contributed by atoms with E-state index in [0.29, 0.717) is 6.04 Å². The second-order valence-corrected chi connectivity index (χ2v) is 8.58. The second-order valence-electron chi connectivity index (χ2n) is 8.58. The number of nitrogens with two attached hydrogens (primary N) is 1. The molecule has 1 saturated heterocycles. The zero-order valence-electron chi connectivity index (χ0n) is 17.0. The highest BCUT2D eigenvalue weighted by molar-refractivity contribution is 5.75. The van der Waals surface area contributed by atoms with E-state index in [-0.39, 0.29) is 5.41 Å². The van der Waals surface area contributed by atoms with E-state index in [9.17, 15) is 0 Å². The minimum Gasteiger partial charge on any atom is -0.364 e. The molecule has 4 rings (SSSR count). The molecule has 4 nitrogen and oxygen atoms in total. The molecule has 2 heterocycles. The number of aromatic nitrogens is 2. The van der Waals surface area contributed by atoms with Crippen molar-refractivity contribution in [2.24, 2.45) is 11.3 Å². The molecule has 1 aromatic heterocycles. The Morgan fingerprint density at radius 3 is 2.56 bits per heavy atom. The molecule has 2 aromatic rings. The molecule has 2 aliphatic rings. The van der Waals surface area contributed by atoms with E-state index in [1.54, 1.807) is 4.68 Å². The summed E-state index contributed by atoms with van der Waals surface area (Å²) in [6.45, 7) is 10.1. The van der Waals surface area contributed by atoms with Gasteiger partial charge in [-0.2, -0.15) is 0 Å². The summed E-state index contributed by atoms with van der Waals surface area (Å²) in [6.07, 6.45) is 10.3. The maximum absolute atomic E-state index is 6.41. The Balaban J connectivity index is 1.70. The van der Waals surface area contributed by atoms with Crippen LogP contribution >= 0.6 is 0 Å². The Kier molecular flexibility index (Phi) is 4.92. The van der Waals surface area contributed by atoms with Gasteiger partial charge in [-0.1, -0.05) is 58.2 Å². The Morgan fingerprint density at radius 2 is 1.85 bits per heavy atom. The summed E-state index contributed by atoms with van der Waals surface area (Å²) in [7, 11) is 0. The second kappa shape index (κ2) is 7.21. The smallest absolute Gasteiger partial charge is 0.147 e. The minimum atomic E-state index is 0.278. The standard InChI is InChI=1S/C23H34N4/c1-4-14-23(15-5-2)17(3)26(20-12-8-6-10-18(20)23)16-22-25-19-11-7-9-13-21(19)27(22)24/h7,9,11,13,18,20H,3-6,8,10,12,14-16,24H2,1-2H3. The number of allylic oxidation sites excluding steroid dienone is 1. The maximum atomic E-state index is 6.41. The van der Waals surface area contributed by atoms with Crippen molar-refractivity contribution in [2.45, 2.75) is 77.8 Å². The molecule has 0 bridgehead atoms. The molecule has 27 heavy (non-hydrogen) atoms. The number of nitrogen functional groups attached to an aromatic ring is 1. The lowest BCUT2D eigenvalue weighted by molar-refractivity contribution is 0.134. The SMILES string of the molecule is C=C1N(Cc2nc3ccccc3n2N)C2CCCCC2C1(CCC)CCC. The molecule has 0 radical (unpaired) electrons. The van der Waals surface area contributed by atoms with Crippen LogP contribution in [0.2, 0.25) is 0 Å². The van der Waals surface area contributed by atoms with Gasteiger partial charge in [0.15, 0.2) is 0 Å². The van der Waals surface area contributed by atoms with E-state index in [1.807, 2.05) is 24.3 Å². The van der Waals surface area contributed by atoms with E-state index in [4.69, 9.17) is 10.8 Å². The number of hydrogen-bond donors (Lipinski definition) is 1. The summed E-state index contributed by atoms with van der Waals surface area (Å²) in [5.74, 6) is 8.11. The van der Waals surface area contributed by atoms with Crippen molar-refractivity contribution < 1.29 is 0 Å². The van der Waals surface area contributed by atoms with E-state index < -0.39 is 0 Å². The largest absolute Gasteiger partial charge is 0.364 e. The minimum absolute atomic E-state index is 0.278. The first-order valence-corrected chi connectivity index (χ1v) is 10.8. The number of fused-ring (bicyclic) bond motifs is 2. The number of rotatable bonds is 6. The molecule has 0 spiro atoms. The van der Waals surface area contributed by atoms with E-state index in [0.717, 1.165) is 29.3 Å². The molecule has 2 N–H and O–H groups in total. The van der Waals surface area contributed by atoms with Gasteiger partial charge in [-0.3, -0.25) is 0 Å². The Morgan fingerprint density at radius 1 is 1.15 bits per heavy atom. The van der Waals surface area contributed by atoms with Crippen molar-refractivity contribution in [3.8, 4) is 0 Å². The Labute approximate surface area is 163 Å². The van der Waals surface area contributed by atoms with Gasteiger partial charge in [0.2, 0.25) is 0 Å². The molecule has 146 valence electrons. The highest BCUT2D eigenvalue weighted by Gasteiger charge is 2.54. The monoisotopic (exact) mass is 366 g/mol. The van der Waals surface area contributed by atoms with Crippen molar-refractivity contribution in [3.63, 3.8) is 0 Å². The van der Waals surface area contributed by atoms with Gasteiger partial charge in [0, 0.05) is 17.2 Å². The van der Waals surface area contributed by atoms with Gasteiger partial charge in [0.25, 0.3) is 0 Å². The van der Waals surface area contributed by atoms with Crippen LogP contribution in [0.1, 0.15) is 71.0 Å². The quantitative estimate of drug-likeness (QED) is 0.713. The van der Waals surface area contributed by atoms with E-state index in [2.05, 4.69) is 25.3 Å². The van der Waals surface area contributed by atoms with Gasteiger partial charge in [0.05, 0.1) is 17.6 Å². The average molecular weight is 367 g/mol. The van der Waals surface area contributed by atoms with Crippen LogP contribution in [-0.2, 0) is 6.54 Å². The number of likely N-dealkylation sites (tertiary alicyclic amines) is 1. The van der Waals surface area contributed by atoms with E-state index >= 15 is 0 Å². The molecular weight excluding hydrogens is 332 g/mol. The van der Waals surface area contributed by atoms with Crippen LogP contribution in [0.4, 0.5) is 0 Å². The number of benzene rings is 1. The topological polar surface area (TPSA) is 47.1 Å². The highest BCUT2D eigenvalue weighted by atomic mass is 15.4. The van der Waals surface area contributed by atoms with Crippen LogP contribution in [0, 0.1) is 11.3 Å². The molecule has 0 amide bonds. The summed E-state index contributed by atoms with van der Waals surface area (Å²) < 4.78 is 1.78. The van der Waals surface area contributed by atoms with Gasteiger partial charge < -0.3 is 10.7 Å². The van der Waals surface area contributed by atoms with Gasteiger partial charge in [-0.05, 0) is 43.7 Å². The summed E-state index contributed by atoms with van der Waals surface area (Å²) in [5, 5.41) is 0. The summed E-state index contributed by atoms with van der Waals surface area (Å²) in [6, 6.07) is 8.74. The van der Waals surface area contributed by atoms with Crippen LogP contribution in [-0.4, -0.2) is 20.6 Å². The van der Waals surface area contributed by atoms with Crippen LogP contribution in [0.5, 0.6) is 0 Å². The van der Waals surface area contributed by atoms with E-state index in [1.165, 1.54) is 57.1 Å². The van der Waals surface area contributed by atoms with Gasteiger partial charge in [0.1, 0.15) is 5.82 Å². The molecule has 2 fully saturated rings. The van der Waals surface area contributed by atoms with Gasteiger partial charge in [-0.15, -0.1) is 0 Å². The third-order valence-corrected chi connectivity index (χ3v) is 7.13. The summed E-state index contributed by atoms with van der Waals surface area (Å²) in [5.41, 5.74) is 3.62. The van der Waals surface area contributed by atoms with Crippen LogP contribution in [0.3, 0.4) is 0 Å². The third-order valence-electron chi connectivity index (χ3n) is 7.13. The summed E-state index contributed by atoms with van der Waals surface area (Å²) >= 11 is 0. The zero-order valence-corrected chi connectivity index (χ0v) is 17.0. The predicted molar refractivity (Wildman–Crippen MR) is 113 cm³/mol. The number of imidazole rings is 1. The first kappa shape index (κ1) is 18.4. The molecule has 1 saturated carbocycles. The predicted octanol–water partition coefficient (Wildman–Crippen LogP) is 5.22. The molecule has 1 aliphatic carbocycles. The molecule has 1 aromatic carbocycles. The zero-order chi connectivity index (χ0) is 19.0. The molecule has 2 atom stereocenters. The first-order chi connectivity index (χ1) is 13.1.